The molecule has 94 valence electrons. The Morgan fingerprint density at radius 1 is 1.33 bits per heavy atom. The molecule has 0 spiro atoms. The van der Waals surface area contributed by atoms with E-state index in [0.29, 0.717) is 16.7 Å². The second kappa shape index (κ2) is 5.35. The van der Waals surface area contributed by atoms with Gasteiger partial charge in [-0.2, -0.15) is 0 Å². The quantitative estimate of drug-likeness (QED) is 0.885. The number of pyridine rings is 1. The molecule has 5 heteroatoms. The minimum atomic E-state index is -0.353. The van der Waals surface area contributed by atoms with E-state index in [9.17, 15) is 4.39 Å². The Balaban J connectivity index is 2.24. The summed E-state index contributed by atoms with van der Waals surface area (Å²) in [7, 11) is 1.91. The Bertz CT molecular complexity index is 545. The van der Waals surface area contributed by atoms with Crippen LogP contribution in [0.1, 0.15) is 5.56 Å². The van der Waals surface area contributed by atoms with E-state index in [0.717, 1.165) is 11.3 Å². The smallest absolute Gasteiger partial charge is 0.139 e. The first kappa shape index (κ1) is 12.8. The van der Waals surface area contributed by atoms with Gasteiger partial charge in [-0.15, -0.1) is 0 Å². The number of hydrogen-bond donors (Lipinski definition) is 1. The predicted octanol–water partition coefficient (Wildman–Crippen LogP) is 3.20. The average molecular weight is 310 g/mol. The van der Waals surface area contributed by atoms with Gasteiger partial charge in [-0.1, -0.05) is 0 Å². The number of hydrogen-bond acceptors (Lipinski definition) is 3. The number of halogens is 2. The van der Waals surface area contributed by atoms with Gasteiger partial charge < -0.3 is 10.6 Å². The Hall–Kier alpha value is -1.62. The van der Waals surface area contributed by atoms with Crippen molar-refractivity contribution in [3.63, 3.8) is 0 Å². The van der Waals surface area contributed by atoms with Gasteiger partial charge in [0.15, 0.2) is 0 Å². The van der Waals surface area contributed by atoms with Crippen molar-refractivity contribution in [3.8, 4) is 0 Å². The Morgan fingerprint density at radius 2 is 2.00 bits per heavy atom. The number of nitrogens with two attached hydrogens (primary N) is 1. The molecule has 18 heavy (non-hydrogen) atoms. The molecule has 0 bridgehead atoms. The third kappa shape index (κ3) is 2.79. The van der Waals surface area contributed by atoms with Crippen molar-refractivity contribution < 1.29 is 4.39 Å². The minimum absolute atomic E-state index is 0.353. The van der Waals surface area contributed by atoms with E-state index >= 15 is 0 Å². The molecule has 2 N–H and O–H groups in total. The van der Waals surface area contributed by atoms with Crippen LogP contribution in [0, 0.1) is 5.82 Å². The highest BCUT2D eigenvalue weighted by atomic mass is 79.9. The van der Waals surface area contributed by atoms with Crippen LogP contribution in [-0.2, 0) is 6.54 Å². The lowest BCUT2D eigenvalue weighted by Crippen LogP contribution is -2.18. The third-order valence-corrected chi connectivity index (χ3v) is 3.26. The molecule has 0 amide bonds. The fourth-order valence-corrected chi connectivity index (χ4v) is 2.06. The van der Waals surface area contributed by atoms with E-state index in [1.54, 1.807) is 18.5 Å². The zero-order chi connectivity index (χ0) is 13.1. The molecule has 2 rings (SSSR count). The number of aromatic nitrogens is 1. The number of nitrogen functional groups attached to an aromatic ring is 1. The van der Waals surface area contributed by atoms with Crippen LogP contribution in [0.4, 0.5) is 15.8 Å². The highest BCUT2D eigenvalue weighted by molar-refractivity contribution is 9.10. The molecular weight excluding hydrogens is 297 g/mol. The van der Waals surface area contributed by atoms with Gasteiger partial charge in [-0.3, -0.25) is 4.98 Å². The lowest BCUT2D eigenvalue weighted by molar-refractivity contribution is 0.621. The molecule has 0 aliphatic carbocycles. The molecule has 2 aromatic rings. The standard InChI is InChI=1S/C13H13BrFN3/c1-18(8-9-2-4-17-5-3-9)13-6-10(14)11(15)7-12(13)16/h2-7H,8,16H2,1H3. The minimum Gasteiger partial charge on any atom is -0.397 e. The lowest BCUT2D eigenvalue weighted by atomic mass is 10.2. The highest BCUT2D eigenvalue weighted by Crippen LogP contribution is 2.29. The van der Waals surface area contributed by atoms with Gasteiger partial charge in [0.1, 0.15) is 5.82 Å². The summed E-state index contributed by atoms with van der Waals surface area (Å²) < 4.78 is 13.7. The van der Waals surface area contributed by atoms with E-state index in [4.69, 9.17) is 5.73 Å². The molecular formula is C13H13BrFN3. The number of benzene rings is 1. The van der Waals surface area contributed by atoms with Crippen LogP contribution in [0.25, 0.3) is 0 Å². The summed E-state index contributed by atoms with van der Waals surface area (Å²) >= 11 is 3.17. The van der Waals surface area contributed by atoms with Crippen molar-refractivity contribution in [1.82, 2.24) is 4.98 Å². The first-order valence-electron chi connectivity index (χ1n) is 5.42. The van der Waals surface area contributed by atoms with Gasteiger partial charge in [0.25, 0.3) is 0 Å². The third-order valence-electron chi connectivity index (χ3n) is 2.65. The second-order valence-electron chi connectivity index (χ2n) is 4.04. The van der Waals surface area contributed by atoms with E-state index < -0.39 is 0 Å². The highest BCUT2D eigenvalue weighted by Gasteiger charge is 2.10. The lowest BCUT2D eigenvalue weighted by Gasteiger charge is -2.21. The maximum absolute atomic E-state index is 13.3. The Kier molecular flexibility index (Phi) is 3.81. The molecule has 0 fully saturated rings. The van der Waals surface area contributed by atoms with Crippen molar-refractivity contribution in [3.05, 3.63) is 52.5 Å². The maximum atomic E-state index is 13.3. The first-order valence-corrected chi connectivity index (χ1v) is 6.22. The van der Waals surface area contributed by atoms with Crippen LogP contribution in [0.5, 0.6) is 0 Å². The molecule has 0 saturated heterocycles. The summed E-state index contributed by atoms with van der Waals surface area (Å²) in [5.41, 5.74) is 8.16. The Morgan fingerprint density at radius 3 is 2.67 bits per heavy atom. The van der Waals surface area contributed by atoms with E-state index in [1.807, 2.05) is 24.1 Å². The maximum Gasteiger partial charge on any atom is 0.139 e. The average Bonchev–Trinajstić information content (AvgIpc) is 2.35. The summed E-state index contributed by atoms with van der Waals surface area (Å²) in [5.74, 6) is -0.353. The second-order valence-corrected chi connectivity index (χ2v) is 4.89. The molecule has 0 atom stereocenters. The molecule has 1 heterocycles. The van der Waals surface area contributed by atoms with Crippen molar-refractivity contribution in [2.45, 2.75) is 6.54 Å². The van der Waals surface area contributed by atoms with Gasteiger partial charge in [0.2, 0.25) is 0 Å². The fourth-order valence-electron chi connectivity index (χ4n) is 1.73. The monoisotopic (exact) mass is 309 g/mol. The van der Waals surface area contributed by atoms with Gasteiger partial charge in [0, 0.05) is 32.1 Å². The molecule has 0 unspecified atom stereocenters. The SMILES string of the molecule is CN(Cc1ccncc1)c1cc(Br)c(F)cc1N. The van der Waals surface area contributed by atoms with Gasteiger partial charge in [0.05, 0.1) is 15.8 Å². The molecule has 1 aromatic heterocycles. The van der Waals surface area contributed by atoms with Crippen LogP contribution in [0.3, 0.4) is 0 Å². The van der Waals surface area contributed by atoms with Crippen LogP contribution in [-0.4, -0.2) is 12.0 Å². The summed E-state index contributed by atoms with van der Waals surface area (Å²) in [6, 6.07) is 6.88. The van der Waals surface area contributed by atoms with Gasteiger partial charge in [-0.05, 0) is 39.7 Å². The molecule has 0 aliphatic rings. The largest absolute Gasteiger partial charge is 0.397 e. The number of anilines is 2. The van der Waals surface area contributed by atoms with E-state index in [1.165, 1.54) is 6.07 Å². The van der Waals surface area contributed by atoms with Crippen LogP contribution in [0.15, 0.2) is 41.1 Å². The number of rotatable bonds is 3. The van der Waals surface area contributed by atoms with Crippen LogP contribution in [0.2, 0.25) is 0 Å². The van der Waals surface area contributed by atoms with E-state index in [-0.39, 0.29) is 5.82 Å². The van der Waals surface area contributed by atoms with Crippen molar-refractivity contribution in [2.75, 3.05) is 17.7 Å². The topological polar surface area (TPSA) is 42.2 Å². The van der Waals surface area contributed by atoms with E-state index in [2.05, 4.69) is 20.9 Å². The summed E-state index contributed by atoms with van der Waals surface area (Å²) in [4.78, 5) is 5.94. The summed E-state index contributed by atoms with van der Waals surface area (Å²) in [5, 5.41) is 0. The van der Waals surface area contributed by atoms with Crippen molar-refractivity contribution in [2.24, 2.45) is 0 Å². The van der Waals surface area contributed by atoms with Crippen molar-refractivity contribution in [1.29, 1.82) is 0 Å². The fraction of sp³-hybridized carbons (Fsp3) is 0.154. The first-order chi connectivity index (χ1) is 8.58. The zero-order valence-corrected chi connectivity index (χ0v) is 11.5. The van der Waals surface area contributed by atoms with Crippen molar-refractivity contribution >= 4 is 27.3 Å². The number of nitrogens with zero attached hydrogens (tertiary/aromatic N) is 2. The van der Waals surface area contributed by atoms with Gasteiger partial charge in [-0.25, -0.2) is 4.39 Å². The predicted molar refractivity (Wildman–Crippen MR) is 74.9 cm³/mol. The molecule has 0 saturated carbocycles. The molecule has 1 aromatic carbocycles. The molecule has 0 aliphatic heterocycles. The van der Waals surface area contributed by atoms with Crippen LogP contribution < -0.4 is 10.6 Å². The summed E-state index contributed by atoms with van der Waals surface area (Å²) in [6.45, 7) is 0.685. The zero-order valence-electron chi connectivity index (χ0n) is 9.90. The summed E-state index contributed by atoms with van der Waals surface area (Å²) in [6.07, 6.45) is 3.49. The van der Waals surface area contributed by atoms with Gasteiger partial charge >= 0.3 is 0 Å². The van der Waals surface area contributed by atoms with Crippen LogP contribution >= 0.6 is 15.9 Å². The Labute approximate surface area is 114 Å². The molecule has 0 radical (unpaired) electrons. The molecule has 3 nitrogen and oxygen atoms in total. The normalized spacial score (nSPS) is 10.4.